The summed E-state index contributed by atoms with van der Waals surface area (Å²) in [5.41, 5.74) is 5.20. The number of carbonyl (C=O) groups excluding carboxylic acids is 1. The number of ether oxygens (including phenoxy) is 1. The first-order valence-corrected chi connectivity index (χ1v) is 18.0. The van der Waals surface area contributed by atoms with E-state index in [0.29, 0.717) is 77.6 Å². The number of carbonyl (C=O) groups is 2. The summed E-state index contributed by atoms with van der Waals surface area (Å²) in [6, 6.07) is 10.1. The van der Waals surface area contributed by atoms with Crippen LogP contribution in [0.4, 0.5) is 0 Å². The van der Waals surface area contributed by atoms with Crippen LogP contribution in [0.25, 0.3) is 28.9 Å². The number of fused-ring (bicyclic) bond motifs is 4. The number of hydrogen-bond donors (Lipinski definition) is 10. The number of esters is 1. The van der Waals surface area contributed by atoms with E-state index in [1.54, 1.807) is 25.1 Å². The molecule has 3 unspecified atom stereocenters. The number of nitrogens with one attached hydrogen (secondary N) is 1. The average molecular weight is 754 g/mol. The second-order valence-electron chi connectivity index (χ2n) is 13.8. The Morgan fingerprint density at radius 3 is 2.18 bits per heavy atom. The third-order valence-corrected chi connectivity index (χ3v) is 10.5. The van der Waals surface area contributed by atoms with Gasteiger partial charge in [-0.25, -0.2) is 9.59 Å². The van der Waals surface area contributed by atoms with Crippen molar-refractivity contribution in [2.45, 2.75) is 63.9 Å². The lowest BCUT2D eigenvalue weighted by atomic mass is 9.75. The highest BCUT2D eigenvalue weighted by Crippen LogP contribution is 2.53. The summed E-state index contributed by atoms with van der Waals surface area (Å²) >= 11 is 0. The van der Waals surface area contributed by atoms with Gasteiger partial charge in [-0.1, -0.05) is 32.1 Å². The van der Waals surface area contributed by atoms with Crippen molar-refractivity contribution in [3.05, 3.63) is 87.5 Å². The Kier molecular flexibility index (Phi) is 10.9. The Morgan fingerprint density at radius 1 is 0.836 bits per heavy atom. The molecule has 0 aromatic heterocycles. The topological polar surface area (TPSA) is 237 Å². The van der Waals surface area contributed by atoms with Gasteiger partial charge >= 0.3 is 11.9 Å². The molecule has 4 aromatic rings. The first-order chi connectivity index (χ1) is 26.2. The number of aromatic hydroxyl groups is 8. The number of rotatable bonds is 11. The van der Waals surface area contributed by atoms with E-state index in [9.17, 15) is 55.5 Å². The molecule has 2 aliphatic carbocycles. The molecule has 10 N–H and O–H groups in total. The third-order valence-electron chi connectivity index (χ3n) is 10.5. The average Bonchev–Trinajstić information content (AvgIpc) is 3.36. The highest BCUT2D eigenvalue weighted by Gasteiger charge is 2.35. The summed E-state index contributed by atoms with van der Waals surface area (Å²) in [7, 11) is 0. The molecule has 0 bridgehead atoms. The van der Waals surface area contributed by atoms with Crippen molar-refractivity contribution in [2.24, 2.45) is 0 Å². The summed E-state index contributed by atoms with van der Waals surface area (Å²) in [5, 5.41) is 97.9. The lowest BCUT2D eigenvalue weighted by Gasteiger charge is -2.29. The van der Waals surface area contributed by atoms with Gasteiger partial charge in [0.2, 0.25) is 6.10 Å². The van der Waals surface area contributed by atoms with Crippen LogP contribution in [-0.2, 0) is 27.2 Å². The molecule has 13 nitrogen and oxygen atoms in total. The highest BCUT2D eigenvalue weighted by molar-refractivity contribution is 5.98. The molecule has 0 aliphatic heterocycles. The molecule has 0 saturated carbocycles. The van der Waals surface area contributed by atoms with Crippen LogP contribution in [0.5, 0.6) is 46.0 Å². The standard InChI is InChI=1S/C42H43NO12/c1-3-20-13-22(28-18-34(48)38(50)26-9-5-7-24-25(37(26)28)8-6-10-30(24)44)14-27-21(15-33(47)40(52)36(20)27)11-12-35(49)55-41(42(53)54)29(19-43-4-2)23-16-31(45)39(51)32(46)17-23/h6,8,10-12,14-18,20,29,41,43-48,50-52H,3-5,7,9,13,19H2,1-2H3,(H,53,54). The van der Waals surface area contributed by atoms with E-state index in [4.69, 9.17) is 4.74 Å². The van der Waals surface area contributed by atoms with Crippen LogP contribution in [0.15, 0.2) is 48.5 Å². The van der Waals surface area contributed by atoms with Crippen LogP contribution in [0.2, 0.25) is 0 Å². The van der Waals surface area contributed by atoms with E-state index < -0.39 is 47.0 Å². The van der Waals surface area contributed by atoms with E-state index in [1.807, 2.05) is 13.0 Å². The third kappa shape index (κ3) is 7.30. The lowest BCUT2D eigenvalue weighted by molar-refractivity contribution is -0.162. The van der Waals surface area contributed by atoms with Crippen LogP contribution in [0.1, 0.15) is 83.9 Å². The van der Waals surface area contributed by atoms with Crippen LogP contribution in [0, 0.1) is 0 Å². The molecular formula is C42H43NO12. The maximum atomic E-state index is 13.3. The van der Waals surface area contributed by atoms with E-state index in [-0.39, 0.29) is 46.6 Å². The molecule has 6 rings (SSSR count). The van der Waals surface area contributed by atoms with Gasteiger partial charge in [-0.05, 0) is 120 Å². The molecule has 55 heavy (non-hydrogen) atoms. The Labute approximate surface area is 316 Å². The van der Waals surface area contributed by atoms with E-state index in [0.717, 1.165) is 23.8 Å². The molecule has 288 valence electrons. The maximum absolute atomic E-state index is 13.3. The molecule has 0 radical (unpaired) electrons. The highest BCUT2D eigenvalue weighted by atomic mass is 16.6. The van der Waals surface area contributed by atoms with Crippen molar-refractivity contribution < 1.29 is 60.3 Å². The van der Waals surface area contributed by atoms with Gasteiger partial charge in [-0.2, -0.15) is 0 Å². The monoisotopic (exact) mass is 753 g/mol. The molecule has 0 heterocycles. The number of phenols is 8. The quantitative estimate of drug-likeness (QED) is 0.0459. The minimum Gasteiger partial charge on any atom is -0.508 e. The summed E-state index contributed by atoms with van der Waals surface area (Å²) in [4.78, 5) is 25.8. The molecule has 3 atom stereocenters. The van der Waals surface area contributed by atoms with Crippen LogP contribution in [-0.4, -0.2) is 77.1 Å². The number of carboxylic acids is 1. The molecule has 2 aliphatic rings. The summed E-state index contributed by atoms with van der Waals surface area (Å²) in [6.45, 7) is 4.06. The van der Waals surface area contributed by atoms with Crippen molar-refractivity contribution in [1.29, 1.82) is 0 Å². The van der Waals surface area contributed by atoms with Gasteiger partial charge in [-0.3, -0.25) is 0 Å². The van der Waals surface area contributed by atoms with Gasteiger partial charge in [0.25, 0.3) is 0 Å². The first kappa shape index (κ1) is 38.4. The molecule has 0 fully saturated rings. The molecule has 0 amide bonds. The number of allylic oxidation sites excluding steroid dienone is 1. The Bertz CT molecular complexity index is 2220. The first-order valence-electron chi connectivity index (χ1n) is 18.0. The second-order valence-corrected chi connectivity index (χ2v) is 13.8. The molecule has 0 spiro atoms. The van der Waals surface area contributed by atoms with Gasteiger partial charge in [0, 0.05) is 35.2 Å². The zero-order chi connectivity index (χ0) is 39.7. The molecular weight excluding hydrogens is 710 g/mol. The predicted molar refractivity (Wildman–Crippen MR) is 203 cm³/mol. The Morgan fingerprint density at radius 2 is 1.51 bits per heavy atom. The predicted octanol–water partition coefficient (Wildman–Crippen LogP) is 6.33. The second kappa shape index (κ2) is 15.6. The Hall–Kier alpha value is -6.34. The number of likely N-dealkylation sites (N-methyl/N-ethyl adjacent to an activating group) is 1. The lowest BCUT2D eigenvalue weighted by Crippen LogP contribution is -2.38. The molecule has 13 heteroatoms. The van der Waals surface area contributed by atoms with Crippen molar-refractivity contribution in [3.63, 3.8) is 0 Å². The van der Waals surface area contributed by atoms with Gasteiger partial charge in [0.05, 0.1) is 0 Å². The zero-order valence-electron chi connectivity index (χ0n) is 30.2. The van der Waals surface area contributed by atoms with Crippen LogP contribution < -0.4 is 5.32 Å². The number of carboxylic acid groups (broad SMARTS) is 1. The van der Waals surface area contributed by atoms with Gasteiger partial charge in [0.15, 0.2) is 40.2 Å². The fraction of sp³-hybridized carbons (Fsp3) is 0.286. The normalized spacial score (nSPS) is 16.0. The number of phenolic OH excluding ortho intramolecular Hbond substituents is 8. The minimum absolute atomic E-state index is 0.0416. The molecule has 0 saturated heterocycles. The van der Waals surface area contributed by atoms with Gasteiger partial charge in [-0.15, -0.1) is 0 Å². The Balaban J connectivity index is 1.43. The van der Waals surface area contributed by atoms with E-state index in [2.05, 4.69) is 5.32 Å². The number of aliphatic carboxylic acids is 1. The SMILES string of the molecule is CCNCC(c1cc(O)c(O)c(O)c1)C(OC(=O)C=Cc1cc(O)c(O)c2c1C=C(c1cc(O)c(O)c3c1-c1cccc(O)c1CCC3)CC2CC)C(=O)O. The zero-order valence-corrected chi connectivity index (χ0v) is 30.2. The number of benzene rings is 4. The largest absolute Gasteiger partial charge is 0.508 e. The summed E-state index contributed by atoms with van der Waals surface area (Å²) in [5.74, 6) is -7.42. The fourth-order valence-corrected chi connectivity index (χ4v) is 7.76. The van der Waals surface area contributed by atoms with Crippen molar-refractivity contribution in [3.8, 4) is 57.1 Å². The van der Waals surface area contributed by atoms with Gasteiger partial charge in [0.1, 0.15) is 5.75 Å². The van der Waals surface area contributed by atoms with E-state index in [1.165, 1.54) is 18.2 Å². The van der Waals surface area contributed by atoms with Gasteiger partial charge < -0.3 is 56.0 Å². The summed E-state index contributed by atoms with van der Waals surface area (Å²) < 4.78 is 5.44. The molecule has 4 aromatic carbocycles. The van der Waals surface area contributed by atoms with E-state index >= 15 is 0 Å². The summed E-state index contributed by atoms with van der Waals surface area (Å²) in [6.07, 6.45) is 4.77. The smallest absolute Gasteiger partial charge is 0.345 e. The van der Waals surface area contributed by atoms with Crippen LogP contribution in [0.3, 0.4) is 0 Å². The van der Waals surface area contributed by atoms with Crippen LogP contribution >= 0.6 is 0 Å². The number of hydrogen-bond acceptors (Lipinski definition) is 12. The van der Waals surface area contributed by atoms with Crippen molar-refractivity contribution >= 4 is 29.7 Å². The minimum atomic E-state index is -1.81. The van der Waals surface area contributed by atoms with Crippen molar-refractivity contribution in [1.82, 2.24) is 5.32 Å². The van der Waals surface area contributed by atoms with Crippen molar-refractivity contribution in [2.75, 3.05) is 13.1 Å². The maximum Gasteiger partial charge on any atom is 0.345 e. The fourth-order valence-electron chi connectivity index (χ4n) is 7.76.